The quantitative estimate of drug-likeness (QED) is 0.856. The van der Waals surface area contributed by atoms with Gasteiger partial charge in [0.15, 0.2) is 0 Å². The van der Waals surface area contributed by atoms with E-state index in [1.165, 1.54) is 18.5 Å². The zero-order valence-electron chi connectivity index (χ0n) is 13.9. The Morgan fingerprint density at radius 2 is 1.65 bits per heavy atom. The smallest absolute Gasteiger partial charge is 0.225 e. The maximum absolute atomic E-state index is 12.3. The Morgan fingerprint density at radius 1 is 0.913 bits per heavy atom. The number of carbonyl (C=O) groups excluding carboxylic acids is 1. The van der Waals surface area contributed by atoms with Crippen molar-refractivity contribution in [3.8, 4) is 0 Å². The lowest BCUT2D eigenvalue weighted by Crippen LogP contribution is -2.54. The molecule has 23 heavy (non-hydrogen) atoms. The van der Waals surface area contributed by atoms with Gasteiger partial charge in [-0.05, 0) is 31.4 Å². The van der Waals surface area contributed by atoms with Gasteiger partial charge in [-0.25, -0.2) is 0 Å². The fraction of sp³-hybridized carbons (Fsp3) is 0.632. The number of nitrogens with zero attached hydrogens (tertiary/aromatic N) is 3. The molecular weight excluding hydrogens is 286 g/mol. The molecule has 0 N–H and O–H groups in total. The maximum atomic E-state index is 12.3. The molecule has 0 bridgehead atoms. The lowest BCUT2D eigenvalue weighted by Gasteiger charge is -2.40. The molecule has 4 heteroatoms. The Hall–Kier alpha value is -1.55. The summed E-state index contributed by atoms with van der Waals surface area (Å²) in [5.41, 5.74) is 1.34. The first-order valence-corrected chi connectivity index (χ1v) is 9.14. The van der Waals surface area contributed by atoms with Crippen molar-refractivity contribution in [3.05, 3.63) is 30.3 Å². The number of amides is 1. The third-order valence-corrected chi connectivity index (χ3v) is 5.88. The second-order valence-corrected chi connectivity index (χ2v) is 7.21. The van der Waals surface area contributed by atoms with E-state index in [4.69, 9.17) is 0 Å². The number of para-hydroxylation sites is 1. The van der Waals surface area contributed by atoms with Gasteiger partial charge in [-0.15, -0.1) is 0 Å². The number of hydrogen-bond donors (Lipinski definition) is 0. The summed E-state index contributed by atoms with van der Waals surface area (Å²) in [6.07, 6.45) is 4.72. The van der Waals surface area contributed by atoms with E-state index < -0.39 is 0 Å². The van der Waals surface area contributed by atoms with Crippen molar-refractivity contribution < 1.29 is 4.79 Å². The molecule has 3 fully saturated rings. The molecule has 2 saturated heterocycles. The molecule has 3 aliphatic rings. The van der Waals surface area contributed by atoms with E-state index in [0.717, 1.165) is 52.1 Å². The topological polar surface area (TPSA) is 26.8 Å². The van der Waals surface area contributed by atoms with E-state index in [0.29, 0.717) is 17.9 Å². The summed E-state index contributed by atoms with van der Waals surface area (Å²) in [5.74, 6) is 0.773. The molecule has 1 amide bonds. The fourth-order valence-electron chi connectivity index (χ4n) is 4.13. The zero-order valence-corrected chi connectivity index (χ0v) is 13.9. The van der Waals surface area contributed by atoms with Crippen molar-refractivity contribution in [1.29, 1.82) is 0 Å². The van der Waals surface area contributed by atoms with Crippen LogP contribution in [0.2, 0.25) is 0 Å². The van der Waals surface area contributed by atoms with Gasteiger partial charge in [-0.2, -0.15) is 0 Å². The monoisotopic (exact) mass is 313 g/mol. The van der Waals surface area contributed by atoms with E-state index in [-0.39, 0.29) is 0 Å². The Bertz CT molecular complexity index is 535. The molecule has 1 aromatic carbocycles. The average molecular weight is 313 g/mol. The van der Waals surface area contributed by atoms with Gasteiger partial charge in [0.2, 0.25) is 5.91 Å². The normalized spacial score (nSPS) is 26.3. The molecule has 124 valence electrons. The summed E-state index contributed by atoms with van der Waals surface area (Å²) < 4.78 is 0. The lowest BCUT2D eigenvalue weighted by molar-refractivity contribution is -0.140. The first-order chi connectivity index (χ1) is 11.3. The molecule has 1 unspecified atom stereocenters. The second-order valence-electron chi connectivity index (χ2n) is 7.21. The highest BCUT2D eigenvalue weighted by Gasteiger charge is 2.34. The molecule has 4 rings (SSSR count). The van der Waals surface area contributed by atoms with Crippen LogP contribution in [0.3, 0.4) is 0 Å². The Balaban J connectivity index is 1.28. The lowest BCUT2D eigenvalue weighted by atomic mass is 9.84. The van der Waals surface area contributed by atoms with E-state index in [9.17, 15) is 4.79 Å². The van der Waals surface area contributed by atoms with Gasteiger partial charge in [0.1, 0.15) is 0 Å². The number of carbonyl (C=O) groups is 1. The van der Waals surface area contributed by atoms with Gasteiger partial charge in [0.05, 0.1) is 0 Å². The minimum absolute atomic E-state index is 0.349. The van der Waals surface area contributed by atoms with Gasteiger partial charge in [-0.3, -0.25) is 9.69 Å². The molecule has 1 aromatic rings. The fourth-order valence-corrected chi connectivity index (χ4v) is 4.13. The predicted molar refractivity (Wildman–Crippen MR) is 92.6 cm³/mol. The molecular formula is C19H27N3O. The van der Waals surface area contributed by atoms with Gasteiger partial charge in [0, 0.05) is 56.9 Å². The Kier molecular flexibility index (Phi) is 4.25. The first-order valence-electron chi connectivity index (χ1n) is 9.14. The predicted octanol–water partition coefficient (Wildman–Crippen LogP) is 2.21. The third kappa shape index (κ3) is 3.09. The molecule has 0 aromatic heterocycles. The summed E-state index contributed by atoms with van der Waals surface area (Å²) in [4.78, 5) is 19.6. The molecule has 0 radical (unpaired) electrons. The summed E-state index contributed by atoms with van der Waals surface area (Å²) in [6.45, 7) is 6.22. The summed E-state index contributed by atoms with van der Waals surface area (Å²) in [5, 5.41) is 0. The highest BCUT2D eigenvalue weighted by molar-refractivity contribution is 5.79. The molecule has 1 aliphatic carbocycles. The number of benzene rings is 1. The molecule has 2 aliphatic heterocycles. The van der Waals surface area contributed by atoms with Crippen molar-refractivity contribution >= 4 is 11.6 Å². The van der Waals surface area contributed by atoms with Crippen LogP contribution in [0.4, 0.5) is 5.69 Å². The van der Waals surface area contributed by atoms with Gasteiger partial charge in [0.25, 0.3) is 0 Å². The summed E-state index contributed by atoms with van der Waals surface area (Å²) in [6, 6.07) is 11.4. The van der Waals surface area contributed by atoms with Crippen LogP contribution in [0.5, 0.6) is 0 Å². The number of rotatable bonds is 3. The Morgan fingerprint density at radius 3 is 2.30 bits per heavy atom. The van der Waals surface area contributed by atoms with Crippen LogP contribution in [0.1, 0.15) is 25.7 Å². The van der Waals surface area contributed by atoms with E-state index in [1.54, 1.807) is 0 Å². The van der Waals surface area contributed by atoms with Crippen LogP contribution in [-0.4, -0.2) is 61.0 Å². The van der Waals surface area contributed by atoms with Crippen LogP contribution in [-0.2, 0) is 4.79 Å². The Labute approximate surface area is 139 Å². The van der Waals surface area contributed by atoms with E-state index >= 15 is 0 Å². The minimum atomic E-state index is 0.349. The van der Waals surface area contributed by atoms with E-state index in [2.05, 4.69) is 45.0 Å². The van der Waals surface area contributed by atoms with Crippen molar-refractivity contribution in [2.45, 2.75) is 31.7 Å². The number of hydrogen-bond acceptors (Lipinski definition) is 3. The van der Waals surface area contributed by atoms with Crippen LogP contribution in [0.25, 0.3) is 0 Å². The van der Waals surface area contributed by atoms with Crippen molar-refractivity contribution in [3.63, 3.8) is 0 Å². The standard InChI is InChI=1S/C19H27N3O/c23-19(16-5-4-6-16)21-13-11-20(12-14-21)18-9-10-22(15-18)17-7-2-1-3-8-17/h1-3,7-8,16,18H,4-6,9-15H2. The van der Waals surface area contributed by atoms with Crippen LogP contribution in [0, 0.1) is 5.92 Å². The highest BCUT2D eigenvalue weighted by atomic mass is 16.2. The zero-order chi connectivity index (χ0) is 15.6. The second kappa shape index (κ2) is 6.52. The van der Waals surface area contributed by atoms with Crippen LogP contribution in [0.15, 0.2) is 30.3 Å². The summed E-state index contributed by atoms with van der Waals surface area (Å²) in [7, 11) is 0. The maximum Gasteiger partial charge on any atom is 0.225 e. The van der Waals surface area contributed by atoms with E-state index in [1.807, 2.05) is 0 Å². The molecule has 0 spiro atoms. The first kappa shape index (κ1) is 15.0. The molecule has 1 atom stereocenters. The number of piperazine rings is 1. The minimum Gasteiger partial charge on any atom is -0.370 e. The van der Waals surface area contributed by atoms with Crippen LogP contribution < -0.4 is 4.90 Å². The van der Waals surface area contributed by atoms with Crippen LogP contribution >= 0.6 is 0 Å². The van der Waals surface area contributed by atoms with Gasteiger partial charge < -0.3 is 9.80 Å². The third-order valence-electron chi connectivity index (χ3n) is 5.88. The largest absolute Gasteiger partial charge is 0.370 e. The average Bonchev–Trinajstić information content (AvgIpc) is 3.04. The van der Waals surface area contributed by atoms with Crippen molar-refractivity contribution in [2.75, 3.05) is 44.2 Å². The van der Waals surface area contributed by atoms with Gasteiger partial charge in [-0.1, -0.05) is 24.6 Å². The summed E-state index contributed by atoms with van der Waals surface area (Å²) >= 11 is 0. The van der Waals surface area contributed by atoms with Crippen molar-refractivity contribution in [1.82, 2.24) is 9.80 Å². The highest BCUT2D eigenvalue weighted by Crippen LogP contribution is 2.29. The molecule has 1 saturated carbocycles. The van der Waals surface area contributed by atoms with Gasteiger partial charge >= 0.3 is 0 Å². The molecule has 4 nitrogen and oxygen atoms in total. The van der Waals surface area contributed by atoms with Crippen molar-refractivity contribution in [2.24, 2.45) is 5.92 Å². The number of anilines is 1. The molecule has 2 heterocycles. The SMILES string of the molecule is O=C(C1CCC1)N1CCN(C2CCN(c3ccccc3)C2)CC1.